The molecule has 0 aliphatic carbocycles. The van der Waals surface area contributed by atoms with Crippen molar-refractivity contribution in [3.63, 3.8) is 0 Å². The predicted molar refractivity (Wildman–Crippen MR) is 75.1 cm³/mol. The van der Waals surface area contributed by atoms with Crippen LogP contribution in [0, 0.1) is 6.92 Å². The molecule has 1 unspecified atom stereocenters. The summed E-state index contributed by atoms with van der Waals surface area (Å²) < 4.78 is 17.5. The Morgan fingerprint density at radius 3 is 2.86 bits per heavy atom. The molecular formula is C14H23N3O4. The molecule has 7 nitrogen and oxygen atoms in total. The molecule has 7 heteroatoms. The summed E-state index contributed by atoms with van der Waals surface area (Å²) in [6, 6.07) is 0. The number of ether oxygens (including phenoxy) is 3. The van der Waals surface area contributed by atoms with Crippen LogP contribution in [-0.4, -0.2) is 53.0 Å². The van der Waals surface area contributed by atoms with Crippen molar-refractivity contribution < 1.29 is 19.0 Å². The van der Waals surface area contributed by atoms with Crippen LogP contribution in [0.15, 0.2) is 0 Å². The van der Waals surface area contributed by atoms with Crippen LogP contribution >= 0.6 is 0 Å². The van der Waals surface area contributed by atoms with Gasteiger partial charge in [-0.05, 0) is 33.6 Å². The molecule has 118 valence electrons. The van der Waals surface area contributed by atoms with E-state index in [-0.39, 0.29) is 24.0 Å². The second-order valence-electron chi connectivity index (χ2n) is 5.87. The summed E-state index contributed by atoms with van der Waals surface area (Å²) in [5.74, 6) is -0.469. The van der Waals surface area contributed by atoms with Crippen LogP contribution in [0.4, 0.5) is 0 Å². The van der Waals surface area contributed by atoms with E-state index in [9.17, 15) is 4.79 Å². The summed E-state index contributed by atoms with van der Waals surface area (Å²) >= 11 is 0. The van der Waals surface area contributed by atoms with E-state index < -0.39 is 5.97 Å². The number of rotatable bonds is 6. The quantitative estimate of drug-likeness (QED) is 0.583. The third-order valence-corrected chi connectivity index (χ3v) is 3.63. The van der Waals surface area contributed by atoms with Crippen LogP contribution in [0.3, 0.4) is 0 Å². The molecule has 0 spiro atoms. The van der Waals surface area contributed by atoms with Gasteiger partial charge in [-0.3, -0.25) is 0 Å². The number of nitrogens with zero attached hydrogens (tertiary/aromatic N) is 3. The summed E-state index contributed by atoms with van der Waals surface area (Å²) in [4.78, 5) is 11.9. The van der Waals surface area contributed by atoms with Crippen molar-refractivity contribution in [1.29, 1.82) is 0 Å². The van der Waals surface area contributed by atoms with Crippen LogP contribution in [-0.2, 0) is 20.8 Å². The molecule has 1 aliphatic rings. The minimum atomic E-state index is -0.469. The lowest BCUT2D eigenvalue weighted by atomic mass is 10.1. The van der Waals surface area contributed by atoms with Gasteiger partial charge in [0.15, 0.2) is 5.69 Å². The first-order valence-corrected chi connectivity index (χ1v) is 7.17. The molecule has 0 bridgehead atoms. The van der Waals surface area contributed by atoms with Gasteiger partial charge < -0.3 is 14.2 Å². The van der Waals surface area contributed by atoms with Gasteiger partial charge >= 0.3 is 5.97 Å². The molecule has 1 aliphatic heterocycles. The number of esters is 1. The smallest absolute Gasteiger partial charge is 0.360 e. The molecule has 0 radical (unpaired) electrons. The molecule has 2 heterocycles. The third kappa shape index (κ3) is 4.01. The largest absolute Gasteiger partial charge is 0.458 e. The Hall–Kier alpha value is -1.47. The number of aromatic nitrogens is 3. The van der Waals surface area contributed by atoms with Crippen molar-refractivity contribution in [2.24, 2.45) is 0 Å². The van der Waals surface area contributed by atoms with E-state index in [1.807, 2.05) is 6.92 Å². The van der Waals surface area contributed by atoms with Gasteiger partial charge in [-0.2, -0.15) is 0 Å². The van der Waals surface area contributed by atoms with Crippen molar-refractivity contribution in [3.05, 3.63) is 11.4 Å². The molecule has 0 amide bonds. The van der Waals surface area contributed by atoms with Gasteiger partial charge in [0.05, 0.1) is 30.6 Å². The Morgan fingerprint density at radius 2 is 2.24 bits per heavy atom. The fraction of sp³-hybridized carbons (Fsp3) is 0.786. The maximum atomic E-state index is 11.9. The van der Waals surface area contributed by atoms with Crippen molar-refractivity contribution in [3.8, 4) is 0 Å². The Balaban J connectivity index is 1.95. The monoisotopic (exact) mass is 297 g/mol. The number of hydrogen-bond acceptors (Lipinski definition) is 6. The van der Waals surface area contributed by atoms with Gasteiger partial charge in [-0.1, -0.05) is 5.21 Å². The maximum absolute atomic E-state index is 11.9. The van der Waals surface area contributed by atoms with Gasteiger partial charge in [0, 0.05) is 7.11 Å². The summed E-state index contributed by atoms with van der Waals surface area (Å²) in [7, 11) is 1.55. The Labute approximate surface area is 124 Å². The van der Waals surface area contributed by atoms with Crippen LogP contribution in [0.1, 0.15) is 42.9 Å². The standard InChI is InChI=1S/C14H23N3O4/c1-10-12(13(18)20-8-7-19-4)15-16-17(10)9-11-5-6-14(2,3)21-11/h11H,5-9H2,1-4H3. The first-order chi connectivity index (χ1) is 9.93. The van der Waals surface area contributed by atoms with Gasteiger partial charge in [0.2, 0.25) is 0 Å². The van der Waals surface area contributed by atoms with E-state index in [1.54, 1.807) is 11.8 Å². The molecular weight excluding hydrogens is 274 g/mol. The van der Waals surface area contributed by atoms with Crippen molar-refractivity contribution in [2.45, 2.75) is 51.9 Å². The van der Waals surface area contributed by atoms with E-state index in [0.29, 0.717) is 18.8 Å². The minimum absolute atomic E-state index is 0.0823. The predicted octanol–water partition coefficient (Wildman–Crippen LogP) is 1.35. The Bertz CT molecular complexity index is 498. The molecule has 1 atom stereocenters. The lowest BCUT2D eigenvalue weighted by molar-refractivity contribution is -0.0234. The molecule has 1 fully saturated rings. The van der Waals surface area contributed by atoms with E-state index in [0.717, 1.165) is 12.8 Å². The summed E-state index contributed by atoms with van der Waals surface area (Å²) in [5, 5.41) is 7.95. The zero-order valence-electron chi connectivity index (χ0n) is 13.1. The first kappa shape index (κ1) is 15.9. The summed E-state index contributed by atoms with van der Waals surface area (Å²) in [5.41, 5.74) is 0.871. The van der Waals surface area contributed by atoms with Gasteiger partial charge in [-0.15, -0.1) is 5.10 Å². The summed E-state index contributed by atoms with van der Waals surface area (Å²) in [6.07, 6.45) is 2.12. The SMILES string of the molecule is COCCOC(=O)c1nnn(CC2CCC(C)(C)O2)c1C. The lowest BCUT2D eigenvalue weighted by Gasteiger charge is -2.19. The van der Waals surface area contributed by atoms with Crippen LogP contribution in [0.25, 0.3) is 0 Å². The lowest BCUT2D eigenvalue weighted by Crippen LogP contribution is -2.24. The topological polar surface area (TPSA) is 75.5 Å². The van der Waals surface area contributed by atoms with Gasteiger partial charge in [0.25, 0.3) is 0 Å². The number of hydrogen-bond donors (Lipinski definition) is 0. The van der Waals surface area contributed by atoms with E-state index in [2.05, 4.69) is 24.2 Å². The van der Waals surface area contributed by atoms with Crippen LogP contribution in [0.2, 0.25) is 0 Å². The molecule has 21 heavy (non-hydrogen) atoms. The molecule has 1 aromatic rings. The van der Waals surface area contributed by atoms with Crippen molar-refractivity contribution in [1.82, 2.24) is 15.0 Å². The van der Waals surface area contributed by atoms with Gasteiger partial charge in [0.1, 0.15) is 6.61 Å². The molecule has 1 aromatic heterocycles. The molecule has 0 saturated carbocycles. The second-order valence-corrected chi connectivity index (χ2v) is 5.87. The molecule has 0 N–H and O–H groups in total. The highest BCUT2D eigenvalue weighted by molar-refractivity contribution is 5.88. The van der Waals surface area contributed by atoms with Crippen molar-refractivity contribution in [2.75, 3.05) is 20.3 Å². The normalized spacial score (nSPS) is 20.7. The Kier molecular flexibility index (Phi) is 4.95. The number of carbonyl (C=O) groups is 1. The molecule has 0 aromatic carbocycles. The first-order valence-electron chi connectivity index (χ1n) is 7.17. The second kappa shape index (κ2) is 6.53. The zero-order valence-corrected chi connectivity index (χ0v) is 13.1. The van der Waals surface area contributed by atoms with E-state index in [1.165, 1.54) is 0 Å². The van der Waals surface area contributed by atoms with Crippen LogP contribution < -0.4 is 0 Å². The fourth-order valence-corrected chi connectivity index (χ4v) is 2.41. The highest BCUT2D eigenvalue weighted by Gasteiger charge is 2.32. The maximum Gasteiger partial charge on any atom is 0.360 e. The van der Waals surface area contributed by atoms with E-state index >= 15 is 0 Å². The number of carbonyl (C=O) groups excluding carboxylic acids is 1. The van der Waals surface area contributed by atoms with E-state index in [4.69, 9.17) is 14.2 Å². The molecule has 2 rings (SSSR count). The average molecular weight is 297 g/mol. The molecule has 1 saturated heterocycles. The fourth-order valence-electron chi connectivity index (χ4n) is 2.41. The zero-order chi connectivity index (χ0) is 15.5. The summed E-state index contributed by atoms with van der Waals surface area (Å²) in [6.45, 7) is 7.16. The Morgan fingerprint density at radius 1 is 1.48 bits per heavy atom. The van der Waals surface area contributed by atoms with Gasteiger partial charge in [-0.25, -0.2) is 9.48 Å². The number of methoxy groups -OCH3 is 1. The third-order valence-electron chi connectivity index (χ3n) is 3.63. The highest BCUT2D eigenvalue weighted by Crippen LogP contribution is 2.30. The van der Waals surface area contributed by atoms with Crippen molar-refractivity contribution >= 4 is 5.97 Å². The average Bonchev–Trinajstić information content (AvgIpc) is 2.94. The minimum Gasteiger partial charge on any atom is -0.458 e. The highest BCUT2D eigenvalue weighted by atomic mass is 16.6. The van der Waals surface area contributed by atoms with Crippen LogP contribution in [0.5, 0.6) is 0 Å².